The maximum atomic E-state index is 11.1. The van der Waals surface area contributed by atoms with Gasteiger partial charge in [-0.15, -0.1) is 0 Å². The normalized spacial score (nSPS) is 20.6. The standard InChI is InChI=1S/C16H21N3O/c1-12(2)18-7-3-5-13(10-18)16-17-9-15-14(11-20)6-4-8-19(15)16/h4,6,8-9,11-13H,3,5,7,10H2,1-2H3. The number of hydrogen-bond acceptors (Lipinski definition) is 3. The Morgan fingerprint density at radius 1 is 1.45 bits per heavy atom. The second-order valence-electron chi connectivity index (χ2n) is 5.88. The predicted octanol–water partition coefficient (Wildman–Crippen LogP) is 2.73. The van der Waals surface area contributed by atoms with E-state index in [9.17, 15) is 4.79 Å². The highest BCUT2D eigenvalue weighted by atomic mass is 16.1. The summed E-state index contributed by atoms with van der Waals surface area (Å²) in [5.74, 6) is 1.55. The Hall–Kier alpha value is -1.68. The third kappa shape index (κ3) is 2.24. The largest absolute Gasteiger partial charge is 0.303 e. The average molecular weight is 271 g/mol. The molecule has 1 fully saturated rings. The number of aromatic nitrogens is 2. The topological polar surface area (TPSA) is 37.6 Å². The zero-order chi connectivity index (χ0) is 14.1. The molecule has 4 heteroatoms. The smallest absolute Gasteiger partial charge is 0.152 e. The van der Waals surface area contributed by atoms with Crippen LogP contribution in [0.2, 0.25) is 0 Å². The summed E-state index contributed by atoms with van der Waals surface area (Å²) in [5, 5.41) is 0. The first-order valence-electron chi connectivity index (χ1n) is 7.36. The van der Waals surface area contributed by atoms with E-state index in [4.69, 9.17) is 0 Å². The summed E-state index contributed by atoms with van der Waals surface area (Å²) in [4.78, 5) is 18.2. The summed E-state index contributed by atoms with van der Waals surface area (Å²) in [6, 6.07) is 4.34. The molecule has 4 nitrogen and oxygen atoms in total. The quantitative estimate of drug-likeness (QED) is 0.806. The third-order valence-electron chi connectivity index (χ3n) is 4.31. The fourth-order valence-corrected chi connectivity index (χ4v) is 3.15. The van der Waals surface area contributed by atoms with Crippen molar-refractivity contribution in [3.05, 3.63) is 35.9 Å². The van der Waals surface area contributed by atoms with Crippen LogP contribution in [0.15, 0.2) is 24.5 Å². The molecule has 1 aliphatic heterocycles. The van der Waals surface area contributed by atoms with E-state index in [1.807, 2.05) is 24.5 Å². The van der Waals surface area contributed by atoms with Gasteiger partial charge in [0.25, 0.3) is 0 Å². The fourth-order valence-electron chi connectivity index (χ4n) is 3.15. The molecule has 0 amide bonds. The molecule has 0 bridgehead atoms. The van der Waals surface area contributed by atoms with Crippen molar-refractivity contribution < 1.29 is 4.79 Å². The van der Waals surface area contributed by atoms with Crippen LogP contribution < -0.4 is 0 Å². The molecule has 0 spiro atoms. The number of hydrogen-bond donors (Lipinski definition) is 0. The van der Waals surface area contributed by atoms with Gasteiger partial charge in [-0.3, -0.25) is 4.79 Å². The number of imidazole rings is 1. The van der Waals surface area contributed by atoms with Gasteiger partial charge in [0.2, 0.25) is 0 Å². The Morgan fingerprint density at radius 2 is 2.30 bits per heavy atom. The van der Waals surface area contributed by atoms with E-state index in [-0.39, 0.29) is 0 Å². The minimum absolute atomic E-state index is 0.454. The number of carbonyl (C=O) groups excluding carboxylic acids is 1. The van der Waals surface area contributed by atoms with Crippen LogP contribution in [-0.2, 0) is 0 Å². The maximum absolute atomic E-state index is 11.1. The number of fused-ring (bicyclic) bond motifs is 1. The first-order valence-corrected chi connectivity index (χ1v) is 7.36. The lowest BCUT2D eigenvalue weighted by Gasteiger charge is -2.34. The highest BCUT2D eigenvalue weighted by Crippen LogP contribution is 2.28. The molecule has 0 N–H and O–H groups in total. The summed E-state index contributed by atoms with van der Waals surface area (Å²) in [6.45, 7) is 6.73. The lowest BCUT2D eigenvalue weighted by Crippen LogP contribution is -2.39. The minimum atomic E-state index is 0.454. The highest BCUT2D eigenvalue weighted by molar-refractivity contribution is 5.85. The lowest BCUT2D eigenvalue weighted by molar-refractivity contribution is 0.112. The van der Waals surface area contributed by atoms with E-state index in [0.717, 1.165) is 24.2 Å². The number of likely N-dealkylation sites (tertiary alicyclic amines) is 1. The maximum Gasteiger partial charge on any atom is 0.152 e. The molecule has 0 aromatic carbocycles. The molecule has 2 aromatic rings. The summed E-state index contributed by atoms with van der Waals surface area (Å²) in [5.41, 5.74) is 1.63. The van der Waals surface area contributed by atoms with Crippen LogP contribution in [0.4, 0.5) is 0 Å². The lowest BCUT2D eigenvalue weighted by atomic mass is 9.96. The van der Waals surface area contributed by atoms with Crippen LogP contribution >= 0.6 is 0 Å². The molecule has 3 heterocycles. The van der Waals surface area contributed by atoms with Crippen molar-refractivity contribution in [2.24, 2.45) is 0 Å². The molecular formula is C16H21N3O. The van der Waals surface area contributed by atoms with E-state index in [1.165, 1.54) is 19.4 Å². The van der Waals surface area contributed by atoms with Crippen LogP contribution in [0, 0.1) is 0 Å². The van der Waals surface area contributed by atoms with E-state index in [2.05, 4.69) is 28.1 Å². The second-order valence-corrected chi connectivity index (χ2v) is 5.88. The molecule has 106 valence electrons. The fraction of sp³-hybridized carbons (Fsp3) is 0.500. The van der Waals surface area contributed by atoms with Gasteiger partial charge in [0, 0.05) is 30.3 Å². The molecule has 0 saturated carbocycles. The van der Waals surface area contributed by atoms with Crippen LogP contribution in [0.25, 0.3) is 5.52 Å². The Kier molecular flexibility index (Phi) is 3.57. The van der Waals surface area contributed by atoms with E-state index in [1.54, 1.807) is 0 Å². The Labute approximate surface area is 119 Å². The number of piperidine rings is 1. The Bertz CT molecular complexity index is 617. The van der Waals surface area contributed by atoms with Gasteiger partial charge in [-0.05, 0) is 45.4 Å². The zero-order valence-electron chi connectivity index (χ0n) is 12.1. The van der Waals surface area contributed by atoms with Gasteiger partial charge in [-0.25, -0.2) is 4.98 Å². The molecule has 0 aliphatic carbocycles. The van der Waals surface area contributed by atoms with Gasteiger partial charge in [0.15, 0.2) is 6.29 Å². The van der Waals surface area contributed by atoms with E-state index >= 15 is 0 Å². The van der Waals surface area contributed by atoms with Crippen LogP contribution in [0.3, 0.4) is 0 Å². The number of aldehydes is 1. The summed E-state index contributed by atoms with van der Waals surface area (Å²) >= 11 is 0. The van der Waals surface area contributed by atoms with Crippen molar-refractivity contribution in [2.75, 3.05) is 13.1 Å². The van der Waals surface area contributed by atoms with E-state index < -0.39 is 0 Å². The number of carbonyl (C=O) groups is 1. The van der Waals surface area contributed by atoms with Crippen molar-refractivity contribution in [1.29, 1.82) is 0 Å². The van der Waals surface area contributed by atoms with Crippen molar-refractivity contribution in [1.82, 2.24) is 14.3 Å². The van der Waals surface area contributed by atoms with Crippen molar-refractivity contribution in [3.8, 4) is 0 Å². The summed E-state index contributed by atoms with van der Waals surface area (Å²) < 4.78 is 2.08. The third-order valence-corrected chi connectivity index (χ3v) is 4.31. The van der Waals surface area contributed by atoms with Gasteiger partial charge in [-0.2, -0.15) is 0 Å². The van der Waals surface area contributed by atoms with Crippen molar-refractivity contribution in [2.45, 2.75) is 38.6 Å². The minimum Gasteiger partial charge on any atom is -0.303 e. The molecule has 20 heavy (non-hydrogen) atoms. The Balaban J connectivity index is 1.96. The highest BCUT2D eigenvalue weighted by Gasteiger charge is 2.25. The first-order chi connectivity index (χ1) is 9.70. The molecule has 1 aliphatic rings. The van der Waals surface area contributed by atoms with Crippen molar-refractivity contribution in [3.63, 3.8) is 0 Å². The number of nitrogens with zero attached hydrogens (tertiary/aromatic N) is 3. The van der Waals surface area contributed by atoms with Gasteiger partial charge in [0.05, 0.1) is 11.7 Å². The van der Waals surface area contributed by atoms with Crippen LogP contribution in [0.1, 0.15) is 48.8 Å². The van der Waals surface area contributed by atoms with Crippen LogP contribution in [0.5, 0.6) is 0 Å². The van der Waals surface area contributed by atoms with Crippen LogP contribution in [-0.4, -0.2) is 39.7 Å². The zero-order valence-corrected chi connectivity index (χ0v) is 12.1. The van der Waals surface area contributed by atoms with Gasteiger partial charge in [0.1, 0.15) is 5.82 Å². The Morgan fingerprint density at radius 3 is 3.05 bits per heavy atom. The van der Waals surface area contributed by atoms with Gasteiger partial charge in [-0.1, -0.05) is 0 Å². The molecule has 3 rings (SSSR count). The van der Waals surface area contributed by atoms with Gasteiger partial charge < -0.3 is 9.30 Å². The molecule has 1 unspecified atom stereocenters. The first kappa shape index (κ1) is 13.3. The second kappa shape index (κ2) is 5.37. The average Bonchev–Trinajstić information content (AvgIpc) is 2.91. The van der Waals surface area contributed by atoms with E-state index in [0.29, 0.717) is 17.5 Å². The summed E-state index contributed by atoms with van der Waals surface area (Å²) in [6.07, 6.45) is 7.13. The number of rotatable bonds is 3. The van der Waals surface area contributed by atoms with Gasteiger partial charge >= 0.3 is 0 Å². The monoisotopic (exact) mass is 271 g/mol. The predicted molar refractivity (Wildman–Crippen MR) is 79.3 cm³/mol. The number of pyridine rings is 1. The molecular weight excluding hydrogens is 250 g/mol. The SMILES string of the molecule is CC(C)N1CCCC(c2ncc3c(C=O)cccn23)C1. The molecule has 1 atom stereocenters. The molecule has 1 saturated heterocycles. The molecule has 2 aromatic heterocycles. The summed E-state index contributed by atoms with van der Waals surface area (Å²) in [7, 11) is 0. The van der Waals surface area contributed by atoms with Crippen molar-refractivity contribution >= 4 is 11.8 Å². The molecule has 0 radical (unpaired) electrons.